The smallest absolute Gasteiger partial charge is 0.169 e. The minimum Gasteiger partial charge on any atom is -0.362 e. The quantitative estimate of drug-likeness (QED) is 0.637. The summed E-state index contributed by atoms with van der Waals surface area (Å²) in [7, 11) is 3.82. The Bertz CT molecular complexity index is 658. The maximum absolute atomic E-state index is 6.12. The van der Waals surface area contributed by atoms with Crippen molar-refractivity contribution < 1.29 is 0 Å². The third-order valence-electron chi connectivity index (χ3n) is 3.67. The highest BCUT2D eigenvalue weighted by atomic mass is 35.5. The van der Waals surface area contributed by atoms with Gasteiger partial charge in [-0.05, 0) is 38.6 Å². The molecule has 0 amide bonds. The number of nitrogens with one attached hydrogen (secondary N) is 1. The van der Waals surface area contributed by atoms with Crippen LogP contribution in [0.2, 0.25) is 5.02 Å². The lowest BCUT2D eigenvalue weighted by Gasteiger charge is -2.21. The van der Waals surface area contributed by atoms with Crippen molar-refractivity contribution in [3.63, 3.8) is 0 Å². The maximum atomic E-state index is 6.12. The van der Waals surface area contributed by atoms with Crippen LogP contribution in [0.4, 0.5) is 0 Å². The van der Waals surface area contributed by atoms with Crippen molar-refractivity contribution in [3.05, 3.63) is 34.4 Å². The first-order valence-corrected chi connectivity index (χ1v) is 8.33. The van der Waals surface area contributed by atoms with E-state index in [1.54, 1.807) is 10.9 Å². The lowest BCUT2D eigenvalue weighted by atomic mass is 10.4. The topological polar surface area (TPSA) is 50.9 Å². The fourth-order valence-corrected chi connectivity index (χ4v) is 2.76. The normalized spacial score (nSPS) is 10.8. The Balaban J connectivity index is 1.75. The first-order valence-electron chi connectivity index (χ1n) is 7.55. The van der Waals surface area contributed by atoms with Gasteiger partial charge in [-0.25, -0.2) is 0 Å². The van der Waals surface area contributed by atoms with Crippen molar-refractivity contribution in [2.24, 2.45) is 7.05 Å². The second-order valence-electron chi connectivity index (χ2n) is 5.65. The molecule has 23 heavy (non-hydrogen) atoms. The average Bonchev–Trinajstić information content (AvgIpc) is 2.98. The molecule has 0 bridgehead atoms. The van der Waals surface area contributed by atoms with E-state index in [-0.39, 0.29) is 0 Å². The molecule has 1 N–H and O–H groups in total. The number of hydrogen-bond donors (Lipinski definition) is 1. The van der Waals surface area contributed by atoms with Crippen molar-refractivity contribution in [2.45, 2.75) is 33.4 Å². The molecule has 8 heteroatoms. The zero-order valence-electron chi connectivity index (χ0n) is 14.0. The molecule has 0 aliphatic rings. The molecular weight excluding hydrogens is 332 g/mol. The van der Waals surface area contributed by atoms with Crippen molar-refractivity contribution in [2.75, 3.05) is 13.6 Å². The maximum Gasteiger partial charge on any atom is 0.169 e. The third kappa shape index (κ3) is 4.68. The van der Waals surface area contributed by atoms with Crippen molar-refractivity contribution in [3.8, 4) is 0 Å². The Morgan fingerprint density at radius 1 is 1.43 bits per heavy atom. The summed E-state index contributed by atoms with van der Waals surface area (Å²) >= 11 is 11.5. The minimum atomic E-state index is 0.624. The highest BCUT2D eigenvalue weighted by Gasteiger charge is 2.11. The molecule has 0 aliphatic carbocycles. The van der Waals surface area contributed by atoms with Gasteiger partial charge in [0.2, 0.25) is 0 Å². The van der Waals surface area contributed by atoms with E-state index in [9.17, 15) is 0 Å². The molecule has 2 aromatic heterocycles. The van der Waals surface area contributed by atoms with Gasteiger partial charge < -0.3 is 10.2 Å². The SMILES string of the molecule is Cc1cc(C)n(CCCNC(=S)N(C)Cc2c(Cl)cnn2C)n1. The summed E-state index contributed by atoms with van der Waals surface area (Å²) < 4.78 is 3.80. The first kappa shape index (κ1) is 17.7. The predicted octanol–water partition coefficient (Wildman–Crippen LogP) is 2.28. The first-order chi connectivity index (χ1) is 10.9. The summed E-state index contributed by atoms with van der Waals surface area (Å²) in [5.74, 6) is 0. The van der Waals surface area contributed by atoms with E-state index < -0.39 is 0 Å². The van der Waals surface area contributed by atoms with E-state index >= 15 is 0 Å². The Morgan fingerprint density at radius 3 is 2.74 bits per heavy atom. The van der Waals surface area contributed by atoms with Crippen LogP contribution in [0.5, 0.6) is 0 Å². The largest absolute Gasteiger partial charge is 0.362 e. The van der Waals surface area contributed by atoms with Gasteiger partial charge in [0.05, 0.1) is 29.2 Å². The average molecular weight is 355 g/mol. The van der Waals surface area contributed by atoms with Crippen LogP contribution in [0, 0.1) is 13.8 Å². The Labute approximate surface area is 147 Å². The van der Waals surface area contributed by atoms with Crippen LogP contribution >= 0.6 is 23.8 Å². The van der Waals surface area contributed by atoms with Crippen LogP contribution in [-0.4, -0.2) is 43.2 Å². The number of aryl methyl sites for hydroxylation is 4. The van der Waals surface area contributed by atoms with Gasteiger partial charge >= 0.3 is 0 Å². The zero-order chi connectivity index (χ0) is 17.0. The summed E-state index contributed by atoms with van der Waals surface area (Å²) in [6.07, 6.45) is 2.61. The number of hydrogen-bond acceptors (Lipinski definition) is 3. The molecule has 0 unspecified atom stereocenters. The molecule has 126 valence electrons. The summed E-state index contributed by atoms with van der Waals surface area (Å²) in [4.78, 5) is 1.96. The van der Waals surface area contributed by atoms with Gasteiger partial charge in [-0.1, -0.05) is 11.6 Å². The van der Waals surface area contributed by atoms with Crippen molar-refractivity contribution in [1.82, 2.24) is 29.8 Å². The molecule has 6 nitrogen and oxygen atoms in total. The number of halogens is 1. The highest BCUT2D eigenvalue weighted by molar-refractivity contribution is 7.80. The van der Waals surface area contributed by atoms with Gasteiger partial charge in [0.1, 0.15) is 0 Å². The predicted molar refractivity (Wildman–Crippen MR) is 96.6 cm³/mol. The van der Waals surface area contributed by atoms with Gasteiger partial charge in [-0.2, -0.15) is 10.2 Å². The van der Waals surface area contributed by atoms with E-state index in [0.29, 0.717) is 16.7 Å². The van der Waals surface area contributed by atoms with Gasteiger partial charge in [-0.15, -0.1) is 0 Å². The Morgan fingerprint density at radius 2 is 2.17 bits per heavy atom. The van der Waals surface area contributed by atoms with Crippen LogP contribution in [0.1, 0.15) is 23.5 Å². The summed E-state index contributed by atoms with van der Waals surface area (Å²) in [5.41, 5.74) is 3.19. The summed E-state index contributed by atoms with van der Waals surface area (Å²) in [5, 5.41) is 13.2. The van der Waals surface area contributed by atoms with Crippen LogP contribution in [0.3, 0.4) is 0 Å². The van der Waals surface area contributed by atoms with E-state index in [1.807, 2.05) is 30.6 Å². The van der Waals surface area contributed by atoms with Crippen molar-refractivity contribution >= 4 is 28.9 Å². The molecule has 2 rings (SSSR count). The number of thiocarbonyl (C=S) groups is 1. The van der Waals surface area contributed by atoms with Crippen molar-refractivity contribution in [1.29, 1.82) is 0 Å². The lowest BCUT2D eigenvalue weighted by molar-refractivity contribution is 0.462. The van der Waals surface area contributed by atoms with E-state index in [2.05, 4.69) is 28.5 Å². The van der Waals surface area contributed by atoms with Crippen LogP contribution in [0.15, 0.2) is 12.3 Å². The minimum absolute atomic E-state index is 0.624. The lowest BCUT2D eigenvalue weighted by Crippen LogP contribution is -2.37. The van der Waals surface area contributed by atoms with E-state index in [1.165, 1.54) is 5.69 Å². The molecule has 0 saturated carbocycles. The Kier molecular flexibility index (Phi) is 6.01. The number of nitrogens with zero attached hydrogens (tertiary/aromatic N) is 5. The molecule has 2 aromatic rings. The van der Waals surface area contributed by atoms with E-state index in [4.69, 9.17) is 23.8 Å². The number of rotatable bonds is 6. The number of aromatic nitrogens is 4. The third-order valence-corrected chi connectivity index (χ3v) is 4.44. The fraction of sp³-hybridized carbons (Fsp3) is 0.533. The second kappa shape index (κ2) is 7.79. The van der Waals surface area contributed by atoms with Crippen LogP contribution < -0.4 is 5.32 Å². The van der Waals surface area contributed by atoms with E-state index in [0.717, 1.165) is 30.9 Å². The van der Waals surface area contributed by atoms with Gasteiger partial charge in [0.15, 0.2) is 5.11 Å². The van der Waals surface area contributed by atoms with Crippen LogP contribution in [-0.2, 0) is 20.1 Å². The monoisotopic (exact) mass is 354 g/mol. The second-order valence-corrected chi connectivity index (χ2v) is 6.45. The molecule has 0 saturated heterocycles. The fourth-order valence-electron chi connectivity index (χ4n) is 2.37. The highest BCUT2D eigenvalue weighted by Crippen LogP contribution is 2.15. The molecule has 2 heterocycles. The summed E-state index contributed by atoms with van der Waals surface area (Å²) in [6.45, 7) is 6.39. The Hall–Kier alpha value is -1.60. The molecule has 0 aromatic carbocycles. The van der Waals surface area contributed by atoms with Crippen LogP contribution in [0.25, 0.3) is 0 Å². The summed E-state index contributed by atoms with van der Waals surface area (Å²) in [6, 6.07) is 2.09. The van der Waals surface area contributed by atoms with Gasteiger partial charge in [0.25, 0.3) is 0 Å². The molecule has 0 spiro atoms. The molecule has 0 fully saturated rings. The van der Waals surface area contributed by atoms with Gasteiger partial charge in [0, 0.05) is 32.9 Å². The molecule has 0 atom stereocenters. The standard InChI is InChI=1S/C15H23ClN6S/c1-11-8-12(2)22(19-11)7-5-6-17-15(23)20(3)10-14-13(16)9-18-21(14)4/h8-9H,5-7,10H2,1-4H3,(H,17,23). The van der Waals surface area contributed by atoms with Gasteiger partial charge in [-0.3, -0.25) is 9.36 Å². The molecule has 0 radical (unpaired) electrons. The zero-order valence-corrected chi connectivity index (χ0v) is 15.6. The molecule has 0 aliphatic heterocycles. The molecular formula is C15H23ClN6S.